The van der Waals surface area contributed by atoms with E-state index in [-0.39, 0.29) is 0 Å². The number of aromatic nitrogens is 2. The quantitative estimate of drug-likeness (QED) is 0.702. The number of benzene rings is 1. The van der Waals surface area contributed by atoms with E-state index in [0.29, 0.717) is 0 Å². The Morgan fingerprint density at radius 3 is 2.22 bits per heavy atom. The molecule has 0 fully saturated rings. The van der Waals surface area contributed by atoms with Gasteiger partial charge in [-0.3, -0.25) is 4.68 Å². The predicted molar refractivity (Wildman–Crippen MR) is 81.1 cm³/mol. The number of hydrogen-bond acceptors (Lipinski definition) is 1. The van der Waals surface area contributed by atoms with Crippen molar-refractivity contribution in [3.05, 3.63) is 41.2 Å². The van der Waals surface area contributed by atoms with Crippen LogP contribution in [0.2, 0.25) is 5.02 Å². The van der Waals surface area contributed by atoms with E-state index in [1.165, 1.54) is 5.56 Å². The Morgan fingerprint density at radius 2 is 1.72 bits per heavy atom. The van der Waals surface area contributed by atoms with E-state index in [1.807, 2.05) is 59.3 Å². The summed E-state index contributed by atoms with van der Waals surface area (Å²) in [6, 6.07) is 5.99. The molecule has 0 spiro atoms. The molecule has 1 heterocycles. The summed E-state index contributed by atoms with van der Waals surface area (Å²) < 4.78 is 1.77. The fourth-order valence-corrected chi connectivity index (χ4v) is 1.65. The van der Waals surface area contributed by atoms with Gasteiger partial charge < -0.3 is 0 Å². The average Bonchev–Trinajstić information content (AvgIpc) is 2.84. The molecule has 0 saturated heterocycles. The first-order chi connectivity index (χ1) is 8.66. The van der Waals surface area contributed by atoms with Gasteiger partial charge in [0.05, 0.1) is 6.20 Å². The first kappa shape index (κ1) is 16.7. The summed E-state index contributed by atoms with van der Waals surface area (Å²) in [5.74, 6) is 0. The second-order valence-electron chi connectivity index (χ2n) is 3.39. The van der Waals surface area contributed by atoms with Crippen LogP contribution in [0, 0.1) is 6.92 Å². The van der Waals surface area contributed by atoms with Gasteiger partial charge in [0.25, 0.3) is 0 Å². The highest BCUT2D eigenvalue weighted by Crippen LogP contribution is 2.27. The molecule has 1 aromatic carbocycles. The fourth-order valence-electron chi connectivity index (χ4n) is 1.42. The van der Waals surface area contributed by atoms with Crippen LogP contribution < -0.4 is 0 Å². The zero-order valence-electron chi connectivity index (χ0n) is 12.2. The minimum Gasteiger partial charge on any atom is -0.275 e. The second kappa shape index (κ2) is 8.76. The molecule has 0 bridgehead atoms. The van der Waals surface area contributed by atoms with Crippen LogP contribution in [0.5, 0.6) is 0 Å². The van der Waals surface area contributed by atoms with Gasteiger partial charge in [-0.15, -0.1) is 0 Å². The highest BCUT2D eigenvalue weighted by Gasteiger charge is 2.04. The summed E-state index contributed by atoms with van der Waals surface area (Å²) in [5.41, 5.74) is 3.30. The Kier molecular flexibility index (Phi) is 8.14. The monoisotopic (exact) mass is 266 g/mol. The summed E-state index contributed by atoms with van der Waals surface area (Å²) in [4.78, 5) is 0. The molecule has 0 radical (unpaired) electrons. The van der Waals surface area contributed by atoms with Gasteiger partial charge >= 0.3 is 0 Å². The molecule has 2 rings (SSSR count). The summed E-state index contributed by atoms with van der Waals surface area (Å²) in [5, 5.41) is 4.89. The van der Waals surface area contributed by atoms with E-state index in [2.05, 4.69) is 18.1 Å². The van der Waals surface area contributed by atoms with Crippen molar-refractivity contribution in [2.45, 2.75) is 34.6 Å². The van der Waals surface area contributed by atoms with Gasteiger partial charge in [0.15, 0.2) is 0 Å². The maximum absolute atomic E-state index is 6.10. The maximum atomic E-state index is 6.10. The van der Waals surface area contributed by atoms with E-state index >= 15 is 0 Å². The van der Waals surface area contributed by atoms with Gasteiger partial charge in [-0.25, -0.2) is 0 Å². The molecule has 3 heteroatoms. The third kappa shape index (κ3) is 4.53. The number of rotatable bonds is 1. The highest BCUT2D eigenvalue weighted by molar-refractivity contribution is 6.33. The van der Waals surface area contributed by atoms with Crippen molar-refractivity contribution in [1.82, 2.24) is 9.78 Å². The maximum Gasteiger partial charge on any atom is 0.0568 e. The molecular weight excluding hydrogens is 244 g/mol. The molecule has 0 aliphatic heterocycles. The van der Waals surface area contributed by atoms with Crippen molar-refractivity contribution in [1.29, 1.82) is 0 Å². The zero-order valence-corrected chi connectivity index (χ0v) is 12.9. The van der Waals surface area contributed by atoms with E-state index in [1.54, 1.807) is 4.68 Å². The van der Waals surface area contributed by atoms with Crippen molar-refractivity contribution in [2.24, 2.45) is 7.05 Å². The predicted octanol–water partition coefficient (Wildman–Crippen LogP) is 5.10. The summed E-state index contributed by atoms with van der Waals surface area (Å²) in [6.07, 6.45) is 3.78. The topological polar surface area (TPSA) is 17.8 Å². The third-order valence-corrected chi connectivity index (χ3v) is 2.47. The molecule has 0 amide bonds. The van der Waals surface area contributed by atoms with Crippen LogP contribution in [-0.2, 0) is 7.05 Å². The van der Waals surface area contributed by atoms with Gasteiger partial charge in [-0.05, 0) is 19.1 Å². The van der Waals surface area contributed by atoms with Gasteiger partial charge in [0, 0.05) is 29.4 Å². The van der Waals surface area contributed by atoms with Gasteiger partial charge in [0.1, 0.15) is 0 Å². The van der Waals surface area contributed by atoms with Crippen LogP contribution in [-0.4, -0.2) is 9.78 Å². The first-order valence-electron chi connectivity index (χ1n) is 6.42. The van der Waals surface area contributed by atoms with Crippen LogP contribution in [0.4, 0.5) is 0 Å². The van der Waals surface area contributed by atoms with Crippen molar-refractivity contribution >= 4 is 11.6 Å². The number of halogens is 1. The molecule has 0 aliphatic carbocycles. The average molecular weight is 267 g/mol. The lowest BCUT2D eigenvalue weighted by Crippen LogP contribution is -1.84. The number of aryl methyl sites for hydroxylation is 2. The lowest BCUT2D eigenvalue weighted by atomic mass is 10.1. The summed E-state index contributed by atoms with van der Waals surface area (Å²) in [7, 11) is 1.90. The zero-order chi connectivity index (χ0) is 14.1. The van der Waals surface area contributed by atoms with E-state index in [4.69, 9.17) is 11.6 Å². The Hall–Kier alpha value is -1.28. The lowest BCUT2D eigenvalue weighted by Gasteiger charge is -2.01. The largest absolute Gasteiger partial charge is 0.275 e. The Labute approximate surface area is 116 Å². The molecule has 0 atom stereocenters. The number of nitrogens with zero attached hydrogens (tertiary/aromatic N) is 2. The summed E-state index contributed by atoms with van der Waals surface area (Å²) >= 11 is 6.10. The van der Waals surface area contributed by atoms with Crippen molar-refractivity contribution < 1.29 is 0 Å². The molecular formula is C15H23ClN2. The second-order valence-corrected chi connectivity index (χ2v) is 3.79. The van der Waals surface area contributed by atoms with E-state index in [9.17, 15) is 0 Å². The summed E-state index contributed by atoms with van der Waals surface area (Å²) in [6.45, 7) is 10.1. The van der Waals surface area contributed by atoms with Gasteiger partial charge in [-0.2, -0.15) is 5.10 Å². The lowest BCUT2D eigenvalue weighted by molar-refractivity contribution is 0.768. The smallest absolute Gasteiger partial charge is 0.0568 e. The third-order valence-electron chi connectivity index (χ3n) is 2.14. The molecule has 2 nitrogen and oxygen atoms in total. The Bertz CT molecular complexity index is 461. The normalized spacial score (nSPS) is 8.83. The number of hydrogen-bond donors (Lipinski definition) is 0. The van der Waals surface area contributed by atoms with Crippen molar-refractivity contribution in [2.75, 3.05) is 0 Å². The minimum atomic E-state index is 0.767. The van der Waals surface area contributed by atoms with E-state index < -0.39 is 0 Å². The molecule has 2 aromatic rings. The molecule has 0 saturated carbocycles. The molecule has 1 aromatic heterocycles. The van der Waals surface area contributed by atoms with Crippen molar-refractivity contribution in [3.63, 3.8) is 0 Å². The van der Waals surface area contributed by atoms with Crippen LogP contribution in [0.15, 0.2) is 30.6 Å². The highest BCUT2D eigenvalue weighted by atomic mass is 35.5. The van der Waals surface area contributed by atoms with E-state index in [0.717, 1.165) is 16.1 Å². The molecule has 100 valence electrons. The molecule has 0 unspecified atom stereocenters. The Balaban J connectivity index is 0.000000659. The van der Waals surface area contributed by atoms with Crippen LogP contribution >= 0.6 is 11.6 Å². The minimum absolute atomic E-state index is 0.767. The molecule has 18 heavy (non-hydrogen) atoms. The van der Waals surface area contributed by atoms with Crippen LogP contribution in [0.25, 0.3) is 11.1 Å². The van der Waals surface area contributed by atoms with Gasteiger partial charge in [-0.1, -0.05) is 50.9 Å². The fraction of sp³-hybridized carbons (Fsp3) is 0.400. The Morgan fingerprint density at radius 1 is 1.11 bits per heavy atom. The van der Waals surface area contributed by atoms with Crippen LogP contribution in [0.1, 0.15) is 33.3 Å². The molecule has 0 aliphatic rings. The van der Waals surface area contributed by atoms with Crippen molar-refractivity contribution in [3.8, 4) is 11.1 Å². The standard InChI is InChI=1S/C11H11ClN2.2C2H6/c1-8-3-4-11(12)10(5-8)9-6-13-14(2)7-9;2*1-2/h3-7H,1-2H3;2*1-2H3. The van der Waals surface area contributed by atoms with Gasteiger partial charge in [0.2, 0.25) is 0 Å². The first-order valence-corrected chi connectivity index (χ1v) is 6.80. The van der Waals surface area contributed by atoms with Crippen LogP contribution in [0.3, 0.4) is 0 Å². The SMILES string of the molecule is CC.CC.Cc1ccc(Cl)c(-c2cnn(C)c2)c1. The molecule has 0 N–H and O–H groups in total.